The number of fused-ring (bicyclic) bond motifs is 2. The predicted octanol–water partition coefficient (Wildman–Crippen LogP) is 3.33. The molecule has 1 N–H and O–H groups in total. The first-order valence-corrected chi connectivity index (χ1v) is 10.5. The van der Waals surface area contributed by atoms with E-state index >= 15 is 0 Å². The summed E-state index contributed by atoms with van der Waals surface area (Å²) in [6, 6.07) is 8.20. The smallest absolute Gasteiger partial charge is 0.337 e. The monoisotopic (exact) mass is 398 g/mol. The van der Waals surface area contributed by atoms with Gasteiger partial charge in [0.25, 0.3) is 0 Å². The van der Waals surface area contributed by atoms with Crippen molar-refractivity contribution < 1.29 is 9.90 Å². The minimum Gasteiger partial charge on any atom is -0.478 e. The Morgan fingerprint density at radius 3 is 2.68 bits per heavy atom. The molecular formula is C21H26N4O2S. The molecule has 2 aliphatic heterocycles. The van der Waals surface area contributed by atoms with Crippen LogP contribution in [-0.4, -0.2) is 72.2 Å². The number of piperazine rings is 1. The third kappa shape index (κ3) is 4.01. The average Bonchev–Trinajstić information content (AvgIpc) is 2.68. The van der Waals surface area contributed by atoms with E-state index in [4.69, 9.17) is 0 Å². The molecule has 0 radical (unpaired) electrons. The molecular weight excluding hydrogens is 372 g/mol. The van der Waals surface area contributed by atoms with Crippen LogP contribution >= 0.6 is 11.8 Å². The highest BCUT2D eigenvalue weighted by molar-refractivity contribution is 7.99. The Hall–Kier alpha value is -2.09. The van der Waals surface area contributed by atoms with Gasteiger partial charge in [-0.1, -0.05) is 17.8 Å². The molecule has 1 fully saturated rings. The molecule has 0 unspecified atom stereocenters. The standard InChI is InChI=1S/C21H26N4O2S/c1-15-4-5-17-18(12-15)28-19-13-16(21(26)27)14-22-20(19)25(17)7-3-6-24-10-8-23(2)9-11-24/h4-5,12-14H,3,6-11H2,1-2H3,(H,26,27). The van der Waals surface area contributed by atoms with Crippen LogP contribution in [0.25, 0.3) is 0 Å². The maximum atomic E-state index is 11.4. The van der Waals surface area contributed by atoms with Crippen molar-refractivity contribution in [3.8, 4) is 0 Å². The molecule has 0 bridgehead atoms. The number of benzene rings is 1. The van der Waals surface area contributed by atoms with Crippen LogP contribution in [0.3, 0.4) is 0 Å². The fourth-order valence-corrected chi connectivity index (χ4v) is 4.95. The van der Waals surface area contributed by atoms with Gasteiger partial charge in [-0.05, 0) is 50.7 Å². The van der Waals surface area contributed by atoms with E-state index in [0.717, 1.165) is 67.0 Å². The van der Waals surface area contributed by atoms with Crippen molar-refractivity contribution in [3.05, 3.63) is 41.6 Å². The van der Waals surface area contributed by atoms with Gasteiger partial charge >= 0.3 is 5.97 Å². The molecule has 7 heteroatoms. The van der Waals surface area contributed by atoms with Gasteiger partial charge in [0.15, 0.2) is 0 Å². The van der Waals surface area contributed by atoms with Crippen LogP contribution in [0.4, 0.5) is 11.5 Å². The number of hydrogen-bond donors (Lipinski definition) is 1. The summed E-state index contributed by atoms with van der Waals surface area (Å²) in [6.45, 7) is 8.53. The number of carboxylic acids is 1. The minimum atomic E-state index is -0.937. The normalized spacial score (nSPS) is 17.3. The van der Waals surface area contributed by atoms with E-state index in [1.165, 1.54) is 11.8 Å². The highest BCUT2D eigenvalue weighted by Crippen LogP contribution is 2.47. The lowest BCUT2D eigenvalue weighted by Crippen LogP contribution is -2.45. The van der Waals surface area contributed by atoms with Gasteiger partial charge in [-0.2, -0.15) is 0 Å². The molecule has 0 atom stereocenters. The van der Waals surface area contributed by atoms with Crippen molar-refractivity contribution >= 4 is 29.2 Å². The second kappa shape index (κ2) is 8.11. The van der Waals surface area contributed by atoms with Crippen LogP contribution < -0.4 is 4.90 Å². The Morgan fingerprint density at radius 2 is 1.93 bits per heavy atom. The summed E-state index contributed by atoms with van der Waals surface area (Å²) in [5, 5.41) is 9.32. The number of nitrogens with zero attached hydrogens (tertiary/aromatic N) is 4. The minimum absolute atomic E-state index is 0.236. The van der Waals surface area contributed by atoms with Gasteiger partial charge in [0.05, 0.1) is 16.1 Å². The molecule has 2 aliphatic rings. The zero-order valence-corrected chi connectivity index (χ0v) is 17.2. The number of pyridine rings is 1. The van der Waals surface area contributed by atoms with Crippen LogP contribution in [0.2, 0.25) is 0 Å². The Labute approximate surface area is 170 Å². The first-order chi connectivity index (χ1) is 13.5. The maximum absolute atomic E-state index is 11.4. The largest absolute Gasteiger partial charge is 0.478 e. The first kappa shape index (κ1) is 19.2. The van der Waals surface area contributed by atoms with E-state index in [1.807, 2.05) is 0 Å². The number of likely N-dealkylation sites (N-methyl/N-ethyl adjacent to an activating group) is 1. The Kier molecular flexibility index (Phi) is 5.57. The summed E-state index contributed by atoms with van der Waals surface area (Å²) in [5.41, 5.74) is 2.60. The van der Waals surface area contributed by atoms with Gasteiger partial charge in [-0.15, -0.1) is 0 Å². The van der Waals surface area contributed by atoms with Crippen LogP contribution in [0.15, 0.2) is 40.3 Å². The predicted molar refractivity (Wildman–Crippen MR) is 112 cm³/mol. The van der Waals surface area contributed by atoms with E-state index in [2.05, 4.69) is 51.9 Å². The molecule has 6 nitrogen and oxygen atoms in total. The van der Waals surface area contributed by atoms with Crippen LogP contribution in [0, 0.1) is 6.92 Å². The van der Waals surface area contributed by atoms with Crippen molar-refractivity contribution in [1.82, 2.24) is 14.8 Å². The lowest BCUT2D eigenvalue weighted by molar-refractivity contribution is 0.0696. The fraction of sp³-hybridized carbons (Fsp3) is 0.429. The number of carboxylic acid groups (broad SMARTS) is 1. The SMILES string of the molecule is Cc1ccc2c(c1)Sc1cc(C(=O)O)cnc1N2CCCN1CCN(C)CC1. The van der Waals surface area contributed by atoms with E-state index in [0.29, 0.717) is 0 Å². The molecule has 0 spiro atoms. The summed E-state index contributed by atoms with van der Waals surface area (Å²) in [5.74, 6) is -0.0720. The van der Waals surface area contributed by atoms with E-state index in [1.54, 1.807) is 17.8 Å². The topological polar surface area (TPSA) is 59.9 Å². The van der Waals surface area contributed by atoms with Crippen LogP contribution in [0.5, 0.6) is 0 Å². The van der Waals surface area contributed by atoms with Crippen LogP contribution in [0.1, 0.15) is 22.3 Å². The van der Waals surface area contributed by atoms with Crippen molar-refractivity contribution in [2.75, 3.05) is 51.2 Å². The Morgan fingerprint density at radius 1 is 1.14 bits per heavy atom. The molecule has 0 saturated carbocycles. The van der Waals surface area contributed by atoms with Crippen molar-refractivity contribution in [3.63, 3.8) is 0 Å². The van der Waals surface area contributed by atoms with Gasteiger partial charge in [-0.3, -0.25) is 0 Å². The molecule has 1 aromatic carbocycles. The third-order valence-electron chi connectivity index (χ3n) is 5.41. The van der Waals surface area contributed by atoms with E-state index in [9.17, 15) is 9.90 Å². The van der Waals surface area contributed by atoms with E-state index < -0.39 is 5.97 Å². The second-order valence-electron chi connectivity index (χ2n) is 7.57. The molecule has 3 heterocycles. The second-order valence-corrected chi connectivity index (χ2v) is 8.66. The van der Waals surface area contributed by atoms with E-state index in [-0.39, 0.29) is 5.56 Å². The highest BCUT2D eigenvalue weighted by atomic mass is 32.2. The zero-order valence-electron chi connectivity index (χ0n) is 16.4. The number of aromatic nitrogens is 1. The first-order valence-electron chi connectivity index (χ1n) is 9.71. The number of anilines is 2. The van der Waals surface area contributed by atoms with Crippen LogP contribution in [-0.2, 0) is 0 Å². The molecule has 148 valence electrons. The molecule has 1 aromatic heterocycles. The Bertz CT molecular complexity index is 881. The number of hydrogen-bond acceptors (Lipinski definition) is 6. The summed E-state index contributed by atoms with van der Waals surface area (Å²) in [6.07, 6.45) is 2.51. The average molecular weight is 399 g/mol. The molecule has 1 saturated heterocycles. The summed E-state index contributed by atoms with van der Waals surface area (Å²) in [7, 11) is 2.18. The van der Waals surface area contributed by atoms with Gasteiger partial charge in [0.2, 0.25) is 0 Å². The fourth-order valence-electron chi connectivity index (χ4n) is 3.74. The molecule has 2 aromatic rings. The number of aryl methyl sites for hydroxylation is 1. The quantitative estimate of drug-likeness (QED) is 0.829. The third-order valence-corrected chi connectivity index (χ3v) is 6.48. The Balaban J connectivity index is 1.55. The van der Waals surface area contributed by atoms with Crippen molar-refractivity contribution in [2.24, 2.45) is 0 Å². The highest BCUT2D eigenvalue weighted by Gasteiger charge is 2.26. The van der Waals surface area contributed by atoms with Gasteiger partial charge in [0.1, 0.15) is 5.82 Å². The molecule has 0 aliphatic carbocycles. The molecule has 4 rings (SSSR count). The summed E-state index contributed by atoms with van der Waals surface area (Å²) < 4.78 is 0. The lowest BCUT2D eigenvalue weighted by atomic mass is 10.2. The molecule has 0 amide bonds. The van der Waals surface area contributed by atoms with Gasteiger partial charge in [0, 0.05) is 43.8 Å². The zero-order chi connectivity index (χ0) is 19.7. The number of aromatic carboxylic acids is 1. The lowest BCUT2D eigenvalue weighted by Gasteiger charge is -2.34. The van der Waals surface area contributed by atoms with Crippen molar-refractivity contribution in [2.45, 2.75) is 23.1 Å². The van der Waals surface area contributed by atoms with Gasteiger partial charge in [-0.25, -0.2) is 9.78 Å². The van der Waals surface area contributed by atoms with Gasteiger partial charge < -0.3 is 19.8 Å². The van der Waals surface area contributed by atoms with Crippen molar-refractivity contribution in [1.29, 1.82) is 0 Å². The summed E-state index contributed by atoms with van der Waals surface area (Å²) >= 11 is 1.61. The summed E-state index contributed by atoms with van der Waals surface area (Å²) in [4.78, 5) is 25.1. The molecule has 28 heavy (non-hydrogen) atoms. The number of rotatable bonds is 5. The number of carbonyl (C=O) groups is 1. The maximum Gasteiger partial charge on any atom is 0.337 e.